The molecule has 0 spiro atoms. The SMILES string of the molecule is CN1CCN(c2cccc(C(=O)N3CCN(CCO)CC3)n2)CC1. The predicted octanol–water partition coefficient (Wildman–Crippen LogP) is -0.416. The summed E-state index contributed by atoms with van der Waals surface area (Å²) in [5, 5.41) is 9.00. The first-order valence-corrected chi connectivity index (χ1v) is 8.70. The predicted molar refractivity (Wildman–Crippen MR) is 93.4 cm³/mol. The first-order chi connectivity index (χ1) is 11.7. The number of hydrogen-bond acceptors (Lipinski definition) is 6. The Labute approximate surface area is 143 Å². The molecule has 2 fully saturated rings. The Bertz CT molecular complexity index is 552. The van der Waals surface area contributed by atoms with E-state index >= 15 is 0 Å². The van der Waals surface area contributed by atoms with E-state index in [0.29, 0.717) is 25.3 Å². The lowest BCUT2D eigenvalue weighted by molar-refractivity contribution is 0.0609. The largest absolute Gasteiger partial charge is 0.395 e. The zero-order valence-electron chi connectivity index (χ0n) is 14.4. The van der Waals surface area contributed by atoms with E-state index < -0.39 is 0 Å². The highest BCUT2D eigenvalue weighted by molar-refractivity contribution is 5.92. The standard InChI is InChI=1S/C17H27N5O2/c1-19-5-9-21(10-6-19)16-4-2-3-15(18-16)17(24)22-11-7-20(8-12-22)13-14-23/h2-4,23H,5-14H2,1H3. The van der Waals surface area contributed by atoms with Gasteiger partial charge in [0, 0.05) is 58.9 Å². The van der Waals surface area contributed by atoms with E-state index in [2.05, 4.69) is 26.7 Å². The van der Waals surface area contributed by atoms with Gasteiger partial charge in [0.1, 0.15) is 11.5 Å². The molecule has 2 saturated heterocycles. The summed E-state index contributed by atoms with van der Waals surface area (Å²) in [6, 6.07) is 5.72. The van der Waals surface area contributed by atoms with Crippen LogP contribution in [0.15, 0.2) is 18.2 Å². The highest BCUT2D eigenvalue weighted by Gasteiger charge is 2.23. The number of amides is 1. The number of anilines is 1. The molecule has 0 saturated carbocycles. The van der Waals surface area contributed by atoms with E-state index in [1.807, 2.05) is 23.1 Å². The third-order valence-corrected chi connectivity index (χ3v) is 4.86. The van der Waals surface area contributed by atoms with Gasteiger partial charge in [-0.25, -0.2) is 4.98 Å². The fourth-order valence-corrected chi connectivity index (χ4v) is 3.23. The number of hydrogen-bond donors (Lipinski definition) is 1. The van der Waals surface area contributed by atoms with Crippen LogP contribution in [0.1, 0.15) is 10.5 Å². The van der Waals surface area contributed by atoms with Gasteiger partial charge < -0.3 is 19.8 Å². The first kappa shape index (κ1) is 17.1. The molecule has 3 heterocycles. The van der Waals surface area contributed by atoms with E-state index in [0.717, 1.165) is 45.1 Å². The van der Waals surface area contributed by atoms with Crippen molar-refractivity contribution >= 4 is 11.7 Å². The fourth-order valence-electron chi connectivity index (χ4n) is 3.23. The summed E-state index contributed by atoms with van der Waals surface area (Å²) in [4.78, 5) is 25.9. The number of nitrogens with zero attached hydrogens (tertiary/aromatic N) is 5. The quantitative estimate of drug-likeness (QED) is 0.808. The average molecular weight is 333 g/mol. The van der Waals surface area contributed by atoms with E-state index in [1.165, 1.54) is 0 Å². The lowest BCUT2D eigenvalue weighted by Gasteiger charge is -2.35. The van der Waals surface area contributed by atoms with Crippen molar-refractivity contribution in [2.24, 2.45) is 0 Å². The molecule has 1 aromatic heterocycles. The molecule has 2 aliphatic heterocycles. The molecule has 1 N–H and O–H groups in total. The second kappa shape index (κ2) is 7.92. The smallest absolute Gasteiger partial charge is 0.272 e. The van der Waals surface area contributed by atoms with E-state index in [1.54, 1.807) is 0 Å². The molecule has 24 heavy (non-hydrogen) atoms. The highest BCUT2D eigenvalue weighted by Crippen LogP contribution is 2.15. The van der Waals surface area contributed by atoms with Crippen molar-refractivity contribution < 1.29 is 9.90 Å². The van der Waals surface area contributed by atoms with Crippen molar-refractivity contribution in [3.8, 4) is 0 Å². The molecule has 0 unspecified atom stereocenters. The van der Waals surface area contributed by atoms with Gasteiger partial charge in [-0.2, -0.15) is 0 Å². The molecule has 0 atom stereocenters. The number of rotatable bonds is 4. The minimum Gasteiger partial charge on any atom is -0.395 e. The molecule has 1 amide bonds. The number of pyridine rings is 1. The normalized spacial score (nSPS) is 20.4. The average Bonchev–Trinajstić information content (AvgIpc) is 2.63. The second-order valence-electron chi connectivity index (χ2n) is 6.53. The summed E-state index contributed by atoms with van der Waals surface area (Å²) < 4.78 is 0. The molecule has 7 nitrogen and oxygen atoms in total. The number of aliphatic hydroxyl groups is 1. The Kier molecular flexibility index (Phi) is 5.65. The molecule has 7 heteroatoms. The van der Waals surface area contributed by atoms with Gasteiger partial charge >= 0.3 is 0 Å². The summed E-state index contributed by atoms with van der Waals surface area (Å²) in [5.41, 5.74) is 0.530. The van der Waals surface area contributed by atoms with Crippen LogP contribution in [0.25, 0.3) is 0 Å². The van der Waals surface area contributed by atoms with Crippen LogP contribution in [0, 0.1) is 0 Å². The molecule has 0 radical (unpaired) electrons. The zero-order valence-corrected chi connectivity index (χ0v) is 14.4. The topological polar surface area (TPSA) is 63.2 Å². The summed E-state index contributed by atoms with van der Waals surface area (Å²) in [5.74, 6) is 0.905. The number of piperazine rings is 2. The van der Waals surface area contributed by atoms with Gasteiger partial charge in [-0.05, 0) is 19.2 Å². The van der Waals surface area contributed by atoms with Crippen LogP contribution in [0.3, 0.4) is 0 Å². The second-order valence-corrected chi connectivity index (χ2v) is 6.53. The maximum absolute atomic E-state index is 12.7. The van der Waals surface area contributed by atoms with Crippen LogP contribution in [0.4, 0.5) is 5.82 Å². The maximum Gasteiger partial charge on any atom is 0.272 e. The van der Waals surface area contributed by atoms with Gasteiger partial charge in [-0.1, -0.05) is 6.07 Å². The minimum absolute atomic E-state index is 0.00891. The van der Waals surface area contributed by atoms with Crippen LogP contribution >= 0.6 is 0 Å². The third kappa shape index (κ3) is 4.03. The van der Waals surface area contributed by atoms with Gasteiger partial charge in [-0.15, -0.1) is 0 Å². The third-order valence-electron chi connectivity index (χ3n) is 4.86. The van der Waals surface area contributed by atoms with Crippen LogP contribution in [-0.4, -0.2) is 103 Å². The summed E-state index contributed by atoms with van der Waals surface area (Å²) in [7, 11) is 2.13. The van der Waals surface area contributed by atoms with E-state index in [4.69, 9.17) is 5.11 Å². The Morgan fingerprint density at radius 1 is 1.08 bits per heavy atom. The van der Waals surface area contributed by atoms with Crippen LogP contribution in [0.5, 0.6) is 0 Å². The van der Waals surface area contributed by atoms with E-state index in [-0.39, 0.29) is 12.5 Å². The zero-order chi connectivity index (χ0) is 16.9. The maximum atomic E-state index is 12.7. The van der Waals surface area contributed by atoms with Gasteiger partial charge in [0.25, 0.3) is 5.91 Å². The van der Waals surface area contributed by atoms with Gasteiger partial charge in [-0.3, -0.25) is 9.69 Å². The van der Waals surface area contributed by atoms with Crippen LogP contribution in [0.2, 0.25) is 0 Å². The number of carbonyl (C=O) groups excluding carboxylic acids is 1. The highest BCUT2D eigenvalue weighted by atomic mass is 16.3. The molecule has 0 aromatic carbocycles. The van der Waals surface area contributed by atoms with Crippen molar-refractivity contribution in [3.63, 3.8) is 0 Å². The number of aromatic nitrogens is 1. The molecule has 132 valence electrons. The Balaban J connectivity index is 1.62. The minimum atomic E-state index is 0.00891. The van der Waals surface area contributed by atoms with Gasteiger partial charge in [0.2, 0.25) is 0 Å². The van der Waals surface area contributed by atoms with Crippen molar-refractivity contribution in [2.45, 2.75) is 0 Å². The van der Waals surface area contributed by atoms with Crippen LogP contribution < -0.4 is 4.90 Å². The lowest BCUT2D eigenvalue weighted by atomic mass is 10.2. The first-order valence-electron chi connectivity index (χ1n) is 8.70. The van der Waals surface area contributed by atoms with Crippen molar-refractivity contribution in [1.82, 2.24) is 19.7 Å². The number of β-amino-alcohol motifs (C(OH)–C–C–N with tert-alkyl or cyclic N) is 1. The number of likely N-dealkylation sites (N-methyl/N-ethyl adjacent to an activating group) is 1. The monoisotopic (exact) mass is 333 g/mol. The van der Waals surface area contributed by atoms with E-state index in [9.17, 15) is 4.79 Å². The number of aliphatic hydroxyl groups excluding tert-OH is 1. The Morgan fingerprint density at radius 2 is 1.79 bits per heavy atom. The molecule has 0 aliphatic carbocycles. The summed E-state index contributed by atoms with van der Waals surface area (Å²) >= 11 is 0. The molecule has 2 aliphatic rings. The summed E-state index contributed by atoms with van der Waals surface area (Å²) in [6.45, 7) is 7.79. The Morgan fingerprint density at radius 3 is 2.46 bits per heavy atom. The molecule has 0 bridgehead atoms. The Hall–Kier alpha value is -1.70. The molecule has 1 aromatic rings. The van der Waals surface area contributed by atoms with Gasteiger partial charge in [0.05, 0.1) is 6.61 Å². The fraction of sp³-hybridized carbons (Fsp3) is 0.647. The van der Waals surface area contributed by atoms with Gasteiger partial charge in [0.15, 0.2) is 0 Å². The lowest BCUT2D eigenvalue weighted by Crippen LogP contribution is -2.49. The molecule has 3 rings (SSSR count). The van der Waals surface area contributed by atoms with Crippen LogP contribution in [-0.2, 0) is 0 Å². The van der Waals surface area contributed by atoms with Crippen molar-refractivity contribution in [3.05, 3.63) is 23.9 Å². The molecular weight excluding hydrogens is 306 g/mol. The van der Waals surface area contributed by atoms with Crippen molar-refractivity contribution in [2.75, 3.05) is 77.5 Å². The van der Waals surface area contributed by atoms with Crippen molar-refractivity contribution in [1.29, 1.82) is 0 Å². The number of carbonyl (C=O) groups is 1. The summed E-state index contributed by atoms with van der Waals surface area (Å²) in [6.07, 6.45) is 0. The molecular formula is C17H27N5O2.